The van der Waals surface area contributed by atoms with Gasteiger partial charge < -0.3 is 10.6 Å². The lowest BCUT2D eigenvalue weighted by Crippen LogP contribution is -2.25. The zero-order valence-electron chi connectivity index (χ0n) is 10.2. The summed E-state index contributed by atoms with van der Waals surface area (Å²) >= 11 is 0. The van der Waals surface area contributed by atoms with Crippen molar-refractivity contribution in [2.45, 2.75) is 17.9 Å². The SMILES string of the molecule is C=CC1CC1(N)P(=O)(O)Cc1ccccc1[N+](=O)[O-]. The number of nitrogens with zero attached hydrogens (tertiary/aromatic N) is 1. The molecular formula is C12H15N2O4P. The average Bonchev–Trinajstić information content (AvgIpc) is 3.02. The van der Waals surface area contributed by atoms with Gasteiger partial charge in [-0.05, 0) is 6.42 Å². The fraction of sp³-hybridized carbons (Fsp3) is 0.333. The van der Waals surface area contributed by atoms with E-state index in [4.69, 9.17) is 5.73 Å². The Balaban J connectivity index is 2.29. The highest BCUT2D eigenvalue weighted by Gasteiger charge is 2.61. The van der Waals surface area contributed by atoms with Gasteiger partial charge >= 0.3 is 0 Å². The number of nitro benzene ring substituents is 1. The molecule has 0 saturated heterocycles. The van der Waals surface area contributed by atoms with Crippen molar-refractivity contribution >= 4 is 13.1 Å². The van der Waals surface area contributed by atoms with Gasteiger partial charge in [-0.3, -0.25) is 14.7 Å². The Bertz CT molecular complexity index is 589. The third-order valence-corrected chi connectivity index (χ3v) is 6.12. The number of nitrogens with two attached hydrogens (primary N) is 1. The summed E-state index contributed by atoms with van der Waals surface area (Å²) in [6.45, 7) is 3.56. The van der Waals surface area contributed by atoms with Crippen LogP contribution in [0.4, 0.5) is 5.69 Å². The monoisotopic (exact) mass is 282 g/mol. The summed E-state index contributed by atoms with van der Waals surface area (Å²) in [5.74, 6) is -0.203. The van der Waals surface area contributed by atoms with Gasteiger partial charge in [0, 0.05) is 17.5 Å². The molecule has 0 aromatic heterocycles. The van der Waals surface area contributed by atoms with Crippen molar-refractivity contribution in [1.29, 1.82) is 0 Å². The van der Waals surface area contributed by atoms with Crippen LogP contribution in [0.25, 0.3) is 0 Å². The van der Waals surface area contributed by atoms with Gasteiger partial charge in [0.2, 0.25) is 7.37 Å². The molecule has 0 radical (unpaired) electrons. The van der Waals surface area contributed by atoms with Crippen molar-refractivity contribution in [3.8, 4) is 0 Å². The predicted molar refractivity (Wildman–Crippen MR) is 71.8 cm³/mol. The second-order valence-corrected chi connectivity index (χ2v) is 7.34. The van der Waals surface area contributed by atoms with Crippen LogP contribution in [0.1, 0.15) is 12.0 Å². The van der Waals surface area contributed by atoms with E-state index in [0.717, 1.165) is 0 Å². The number of nitro groups is 1. The lowest BCUT2D eigenvalue weighted by molar-refractivity contribution is -0.385. The van der Waals surface area contributed by atoms with Gasteiger partial charge in [-0.15, -0.1) is 6.58 Å². The number of benzene rings is 1. The lowest BCUT2D eigenvalue weighted by Gasteiger charge is -2.19. The minimum atomic E-state index is -3.72. The first-order chi connectivity index (χ1) is 8.82. The Morgan fingerprint density at radius 3 is 2.79 bits per heavy atom. The summed E-state index contributed by atoms with van der Waals surface area (Å²) in [6, 6.07) is 5.92. The third-order valence-electron chi connectivity index (χ3n) is 3.54. The molecule has 1 aromatic rings. The van der Waals surface area contributed by atoms with Crippen LogP contribution in [0.5, 0.6) is 0 Å². The Morgan fingerprint density at radius 1 is 1.63 bits per heavy atom. The minimum Gasteiger partial charge on any atom is -0.343 e. The Labute approximate surface area is 110 Å². The summed E-state index contributed by atoms with van der Waals surface area (Å²) in [6.07, 6.45) is 1.66. The molecule has 0 bridgehead atoms. The first-order valence-corrected chi connectivity index (χ1v) is 7.62. The second kappa shape index (κ2) is 4.56. The lowest BCUT2D eigenvalue weighted by atomic mass is 10.2. The van der Waals surface area contributed by atoms with Crippen LogP contribution < -0.4 is 5.73 Å². The maximum absolute atomic E-state index is 12.4. The van der Waals surface area contributed by atoms with E-state index in [1.807, 2.05) is 0 Å². The van der Waals surface area contributed by atoms with E-state index in [-0.39, 0.29) is 23.3 Å². The molecule has 102 valence electrons. The molecule has 0 aliphatic heterocycles. The Kier molecular flexibility index (Phi) is 3.34. The molecular weight excluding hydrogens is 267 g/mol. The van der Waals surface area contributed by atoms with E-state index in [9.17, 15) is 19.6 Å². The molecule has 1 fully saturated rings. The van der Waals surface area contributed by atoms with E-state index in [1.54, 1.807) is 12.1 Å². The van der Waals surface area contributed by atoms with Gasteiger partial charge in [0.1, 0.15) is 5.28 Å². The number of hydrogen-bond acceptors (Lipinski definition) is 4. The summed E-state index contributed by atoms with van der Waals surface area (Å²) in [5, 5.41) is 9.70. The van der Waals surface area contributed by atoms with Gasteiger partial charge in [-0.1, -0.05) is 24.3 Å². The van der Waals surface area contributed by atoms with Crippen molar-refractivity contribution in [3.05, 3.63) is 52.6 Å². The maximum Gasteiger partial charge on any atom is 0.273 e. The molecule has 7 heteroatoms. The second-order valence-electron chi connectivity index (χ2n) is 4.78. The molecule has 3 N–H and O–H groups in total. The normalized spacial score (nSPS) is 28.4. The molecule has 0 spiro atoms. The van der Waals surface area contributed by atoms with Crippen molar-refractivity contribution in [2.75, 3.05) is 0 Å². The molecule has 3 unspecified atom stereocenters. The minimum absolute atomic E-state index is 0.156. The van der Waals surface area contributed by atoms with Gasteiger partial charge in [-0.2, -0.15) is 0 Å². The molecule has 3 atom stereocenters. The summed E-state index contributed by atoms with van der Waals surface area (Å²) < 4.78 is 12.4. The highest BCUT2D eigenvalue weighted by Crippen LogP contribution is 2.69. The number of hydrogen-bond donors (Lipinski definition) is 2. The van der Waals surface area contributed by atoms with Gasteiger partial charge in [-0.25, -0.2) is 0 Å². The van der Waals surface area contributed by atoms with Crippen LogP contribution in [0.2, 0.25) is 0 Å². The van der Waals surface area contributed by atoms with E-state index in [1.165, 1.54) is 18.2 Å². The smallest absolute Gasteiger partial charge is 0.273 e. The third kappa shape index (κ3) is 2.34. The van der Waals surface area contributed by atoms with E-state index in [0.29, 0.717) is 6.42 Å². The summed E-state index contributed by atoms with van der Waals surface area (Å²) in [4.78, 5) is 20.5. The fourth-order valence-corrected chi connectivity index (χ4v) is 4.31. The molecule has 0 amide bonds. The first-order valence-electron chi connectivity index (χ1n) is 5.77. The van der Waals surface area contributed by atoms with Crippen LogP contribution >= 0.6 is 7.37 Å². The largest absolute Gasteiger partial charge is 0.343 e. The molecule has 1 aromatic carbocycles. The Hall–Kier alpha value is -1.49. The van der Waals surface area contributed by atoms with Crippen molar-refractivity contribution in [3.63, 3.8) is 0 Å². The molecule has 19 heavy (non-hydrogen) atoms. The number of rotatable bonds is 5. The van der Waals surface area contributed by atoms with Crippen LogP contribution in [-0.4, -0.2) is 15.1 Å². The molecule has 1 saturated carbocycles. The maximum atomic E-state index is 12.4. The molecule has 2 rings (SSSR count). The zero-order valence-corrected chi connectivity index (χ0v) is 11.1. The van der Waals surface area contributed by atoms with Crippen molar-refractivity contribution in [1.82, 2.24) is 0 Å². The molecule has 1 aliphatic rings. The van der Waals surface area contributed by atoms with Crippen LogP contribution in [0.3, 0.4) is 0 Å². The summed E-state index contributed by atoms with van der Waals surface area (Å²) in [7, 11) is -3.72. The topological polar surface area (TPSA) is 106 Å². The highest BCUT2D eigenvalue weighted by molar-refractivity contribution is 7.59. The molecule has 6 nitrogen and oxygen atoms in total. The van der Waals surface area contributed by atoms with Crippen molar-refractivity contribution in [2.24, 2.45) is 11.7 Å². The quantitative estimate of drug-likeness (QED) is 0.373. The van der Waals surface area contributed by atoms with Crippen LogP contribution in [0.15, 0.2) is 36.9 Å². The van der Waals surface area contributed by atoms with E-state index in [2.05, 4.69) is 6.58 Å². The van der Waals surface area contributed by atoms with Gasteiger partial charge in [0.05, 0.1) is 11.1 Å². The van der Waals surface area contributed by atoms with E-state index >= 15 is 0 Å². The van der Waals surface area contributed by atoms with E-state index < -0.39 is 17.6 Å². The predicted octanol–water partition coefficient (Wildman–Crippen LogP) is 2.23. The first kappa shape index (κ1) is 13.9. The van der Waals surface area contributed by atoms with Crippen LogP contribution in [-0.2, 0) is 10.7 Å². The van der Waals surface area contributed by atoms with Gasteiger partial charge in [0.25, 0.3) is 5.69 Å². The van der Waals surface area contributed by atoms with Gasteiger partial charge in [0.15, 0.2) is 0 Å². The van der Waals surface area contributed by atoms with Crippen molar-refractivity contribution < 1.29 is 14.4 Å². The number of para-hydroxylation sites is 1. The fourth-order valence-electron chi connectivity index (χ4n) is 2.18. The standard InChI is InChI=1S/C12H15N2O4P/c1-2-10-7-12(10,13)19(17,18)8-9-5-3-4-6-11(9)14(15)16/h2-6,10H,1,7-8,13H2,(H,17,18). The molecule has 1 aliphatic carbocycles. The Morgan fingerprint density at radius 2 is 2.26 bits per heavy atom. The highest BCUT2D eigenvalue weighted by atomic mass is 31.2. The zero-order chi connectivity index (χ0) is 14.3. The molecule has 0 heterocycles. The summed E-state index contributed by atoms with van der Waals surface area (Å²) in [5.41, 5.74) is 5.98. The van der Waals surface area contributed by atoms with Crippen LogP contribution in [0, 0.1) is 16.0 Å². The average molecular weight is 282 g/mol.